The average Bonchev–Trinajstić information content (AvgIpc) is 3.19. The molecule has 4 N–H and O–H groups in total. The second-order valence-corrected chi connectivity index (χ2v) is 22.3. The average molecular weight is 979 g/mol. The number of carbonyl (C=O) groups is 6. The number of hydrogen-bond acceptors (Lipinski definition) is 15. The van der Waals surface area contributed by atoms with Gasteiger partial charge in [-0.25, -0.2) is 14.4 Å². The van der Waals surface area contributed by atoms with Crippen molar-refractivity contribution in [1.29, 1.82) is 0 Å². The molecule has 2 aromatic carbocycles. The number of hydrogen-bond donors (Lipinski definition) is 4. The van der Waals surface area contributed by atoms with Gasteiger partial charge in [0.05, 0.1) is 38.1 Å². The van der Waals surface area contributed by atoms with Crippen LogP contribution >= 0.6 is 0 Å². The summed E-state index contributed by atoms with van der Waals surface area (Å²) >= 11 is 0. The van der Waals surface area contributed by atoms with Crippen LogP contribution in [-0.2, 0) is 73.1 Å². The zero-order valence-electron chi connectivity index (χ0n) is 41.8. The van der Waals surface area contributed by atoms with Crippen LogP contribution in [0.5, 0.6) is 0 Å². The summed E-state index contributed by atoms with van der Waals surface area (Å²) in [5.41, 5.74) is -2.80. The van der Waals surface area contributed by atoms with Crippen molar-refractivity contribution < 1.29 is 69.8 Å². The van der Waals surface area contributed by atoms with Gasteiger partial charge in [-0.15, -0.1) is 0 Å². The van der Waals surface area contributed by atoms with Gasteiger partial charge in [0.25, 0.3) is 10.1 Å². The van der Waals surface area contributed by atoms with E-state index in [1.165, 1.54) is 0 Å². The predicted octanol–water partition coefficient (Wildman–Crippen LogP) is 4.76. The van der Waals surface area contributed by atoms with Gasteiger partial charge in [-0.3, -0.25) is 18.6 Å². The second kappa shape index (κ2) is 24.6. The first-order valence-corrected chi connectivity index (χ1v) is 24.6. The number of carbonyl (C=O) groups excluding carboxylic acids is 6. The first-order valence-electron chi connectivity index (χ1n) is 22.8. The van der Waals surface area contributed by atoms with Crippen molar-refractivity contribution in [2.45, 2.75) is 155 Å². The van der Waals surface area contributed by atoms with Crippen LogP contribution in [0.1, 0.15) is 114 Å². The predicted molar refractivity (Wildman–Crippen MR) is 252 cm³/mol. The highest BCUT2D eigenvalue weighted by Crippen LogP contribution is 2.31. The van der Waals surface area contributed by atoms with E-state index in [-0.39, 0.29) is 58.7 Å². The molecule has 1 aliphatic heterocycles. The molecule has 1 fully saturated rings. The summed E-state index contributed by atoms with van der Waals surface area (Å²) in [6, 6.07) is 9.14. The number of benzene rings is 2. The monoisotopic (exact) mass is 978 g/mol. The van der Waals surface area contributed by atoms with Crippen LogP contribution in [0.3, 0.4) is 0 Å². The fourth-order valence-electron chi connectivity index (χ4n) is 6.65. The lowest BCUT2D eigenvalue weighted by molar-refractivity contribution is -0.295. The zero-order chi connectivity index (χ0) is 51.1. The lowest BCUT2D eigenvalue weighted by Gasteiger charge is -2.42. The molecule has 0 saturated carbocycles. The van der Waals surface area contributed by atoms with Gasteiger partial charge >= 0.3 is 23.9 Å². The Labute approximate surface area is 401 Å². The van der Waals surface area contributed by atoms with Gasteiger partial charge in [-0.1, -0.05) is 42.5 Å². The smallest absolute Gasteiger partial charge is 0.329 e. The molecular weight excluding hydrogens is 905 g/mol. The van der Waals surface area contributed by atoms with Gasteiger partial charge in [-0.2, -0.15) is 8.42 Å². The molecule has 19 nitrogen and oxygen atoms in total. The van der Waals surface area contributed by atoms with Crippen LogP contribution in [0.2, 0.25) is 0 Å². The molecule has 20 heteroatoms. The highest BCUT2D eigenvalue weighted by Gasteiger charge is 2.42. The Hall–Kier alpha value is -4.89. The Morgan fingerprint density at radius 1 is 0.706 bits per heavy atom. The zero-order valence-corrected chi connectivity index (χ0v) is 42.6. The van der Waals surface area contributed by atoms with E-state index >= 15 is 0 Å². The Bertz CT molecular complexity index is 2150. The Balaban J connectivity index is 1.68. The van der Waals surface area contributed by atoms with E-state index in [1.54, 1.807) is 76.2 Å². The molecule has 0 radical (unpaired) electrons. The summed E-state index contributed by atoms with van der Waals surface area (Å²) in [6.07, 6.45) is 1.50. The number of nitrogens with one attached hydrogen (secondary N) is 4. The van der Waals surface area contributed by atoms with E-state index in [0.717, 1.165) is 22.6 Å². The largest absolute Gasteiger partial charge is 0.460 e. The molecule has 4 amide bonds. The van der Waals surface area contributed by atoms with Gasteiger partial charge in [-0.05, 0) is 118 Å². The third-order valence-corrected chi connectivity index (χ3v) is 10.4. The maximum absolute atomic E-state index is 13.8. The van der Waals surface area contributed by atoms with Crippen LogP contribution in [0, 0.1) is 5.41 Å². The van der Waals surface area contributed by atoms with Crippen molar-refractivity contribution >= 4 is 56.6 Å². The number of amides is 4. The van der Waals surface area contributed by atoms with Crippen LogP contribution in [0.4, 0.5) is 4.79 Å². The molecule has 1 saturated heterocycles. The van der Waals surface area contributed by atoms with Crippen LogP contribution in [0.25, 0.3) is 10.8 Å². The fourth-order valence-corrected chi connectivity index (χ4v) is 7.11. The number of rotatable bonds is 23. The lowest BCUT2D eigenvalue weighted by Crippen LogP contribution is -2.53. The third-order valence-electron chi connectivity index (χ3n) is 9.85. The molecule has 1 aliphatic rings. The summed E-state index contributed by atoms with van der Waals surface area (Å²) < 4.78 is 62.5. The quantitative estimate of drug-likeness (QED) is 0.0508. The fraction of sp³-hybridized carbons (Fsp3) is 0.667. The topological polar surface area (TPSA) is 249 Å². The van der Waals surface area contributed by atoms with E-state index in [4.69, 9.17) is 32.6 Å². The molecule has 68 heavy (non-hydrogen) atoms. The Kier molecular flexibility index (Phi) is 20.8. The summed E-state index contributed by atoms with van der Waals surface area (Å²) in [7, 11) is -3.81. The summed E-state index contributed by atoms with van der Waals surface area (Å²) in [6.45, 7) is 17.9. The molecule has 2 aromatic rings. The van der Waals surface area contributed by atoms with Crippen molar-refractivity contribution in [3.63, 3.8) is 0 Å². The van der Waals surface area contributed by atoms with Crippen LogP contribution < -0.4 is 21.3 Å². The Morgan fingerprint density at radius 3 is 1.82 bits per heavy atom. The second-order valence-electron chi connectivity index (χ2n) is 20.6. The SMILES string of the molecule is CC(C)(C)OC(=O)CCC(NC(=O)NC(CCCCNC(=O)C(Cc1ccc2ccccc2c1)NC(=O)COCC1(COS(C)(=O)=O)COC(C)(C)OC1)C(=O)OC(C)(C)C)C(=O)OC(C)(C)C. The molecule has 1 heterocycles. The number of urea groups is 1. The summed E-state index contributed by atoms with van der Waals surface area (Å²) in [5.74, 6) is -4.07. The number of ether oxygens (including phenoxy) is 6. The molecule has 0 spiro atoms. The number of fused-ring (bicyclic) bond motifs is 1. The summed E-state index contributed by atoms with van der Waals surface area (Å²) in [5, 5.41) is 12.7. The maximum Gasteiger partial charge on any atom is 0.329 e. The van der Waals surface area contributed by atoms with Crippen LogP contribution in [0.15, 0.2) is 42.5 Å². The van der Waals surface area contributed by atoms with E-state index in [0.29, 0.717) is 12.8 Å². The van der Waals surface area contributed by atoms with E-state index in [2.05, 4.69) is 21.3 Å². The third kappa shape index (κ3) is 22.5. The molecule has 0 aromatic heterocycles. The normalized spacial score (nSPS) is 16.4. The van der Waals surface area contributed by atoms with E-state index in [1.807, 2.05) is 42.5 Å². The minimum Gasteiger partial charge on any atom is -0.460 e. The minimum atomic E-state index is -3.81. The van der Waals surface area contributed by atoms with Crippen molar-refractivity contribution in [2.24, 2.45) is 5.41 Å². The molecular formula is C48H74N4O15S. The molecule has 382 valence electrons. The molecule has 3 atom stereocenters. The number of unbranched alkanes of at least 4 members (excludes halogenated alkanes) is 1. The summed E-state index contributed by atoms with van der Waals surface area (Å²) in [4.78, 5) is 79.6. The highest BCUT2D eigenvalue weighted by atomic mass is 32.2. The first-order chi connectivity index (χ1) is 31.3. The lowest BCUT2D eigenvalue weighted by atomic mass is 9.91. The van der Waals surface area contributed by atoms with E-state index < -0.39 is 98.6 Å². The Morgan fingerprint density at radius 2 is 1.26 bits per heavy atom. The van der Waals surface area contributed by atoms with Crippen molar-refractivity contribution in [2.75, 3.05) is 45.8 Å². The molecule has 0 bridgehead atoms. The van der Waals surface area contributed by atoms with Gasteiger partial charge in [0.2, 0.25) is 11.8 Å². The highest BCUT2D eigenvalue weighted by molar-refractivity contribution is 7.85. The standard InChI is InChI=1S/C48H74N4O15S/c1-44(2,3)65-39(54)23-22-36(42(57)67-46(7,8)9)52-43(58)51-35(41(56)66-45(4,5)6)19-15-16-24-49-40(55)37(26-32-20-21-33-17-13-14-18-34(33)25-32)50-38(53)27-61-28-48(31-64-68(12,59)60)29-62-47(10,11)63-30-48/h13-14,17-18,20-21,25,35-37H,15-16,19,22-24,26-31H2,1-12H3,(H,49,55)(H,50,53)(H2,51,52,58). The molecule has 3 unspecified atom stereocenters. The van der Waals surface area contributed by atoms with Gasteiger partial charge < -0.3 is 49.7 Å². The molecule has 0 aliphatic carbocycles. The van der Waals surface area contributed by atoms with Gasteiger partial charge in [0, 0.05) is 19.4 Å². The molecule has 3 rings (SSSR count). The van der Waals surface area contributed by atoms with Gasteiger partial charge in [0.1, 0.15) is 41.5 Å². The van der Waals surface area contributed by atoms with Crippen molar-refractivity contribution in [1.82, 2.24) is 21.3 Å². The van der Waals surface area contributed by atoms with E-state index in [9.17, 15) is 37.2 Å². The van der Waals surface area contributed by atoms with Gasteiger partial charge in [0.15, 0.2) is 5.79 Å². The van der Waals surface area contributed by atoms with Crippen LogP contribution in [-0.4, -0.2) is 131 Å². The number of esters is 3. The van der Waals surface area contributed by atoms with Crippen molar-refractivity contribution in [3.8, 4) is 0 Å². The maximum atomic E-state index is 13.8. The van der Waals surface area contributed by atoms with Crippen molar-refractivity contribution in [3.05, 3.63) is 48.0 Å². The minimum absolute atomic E-state index is 0.0395. The first kappa shape index (κ1) is 57.4.